The van der Waals surface area contributed by atoms with Gasteiger partial charge in [0.2, 0.25) is 5.91 Å². The first-order valence-corrected chi connectivity index (χ1v) is 11.2. The van der Waals surface area contributed by atoms with E-state index in [-0.39, 0.29) is 5.91 Å². The van der Waals surface area contributed by atoms with Gasteiger partial charge in [-0.3, -0.25) is 4.79 Å². The Morgan fingerprint density at radius 3 is 2.41 bits per heavy atom. The van der Waals surface area contributed by atoms with Crippen molar-refractivity contribution in [1.29, 1.82) is 0 Å². The molecule has 1 aliphatic rings. The van der Waals surface area contributed by atoms with E-state index in [0.717, 1.165) is 42.4 Å². The molecular weight excluding hydrogens is 378 g/mol. The maximum atomic E-state index is 12.7. The molecule has 2 heterocycles. The second kappa shape index (κ2) is 8.15. The fourth-order valence-corrected chi connectivity index (χ4v) is 5.14. The molecule has 4 nitrogen and oxygen atoms in total. The average molecular weight is 408 g/mol. The van der Waals surface area contributed by atoms with Crippen LogP contribution in [-0.2, 0) is 11.2 Å². The molecule has 0 atom stereocenters. The van der Waals surface area contributed by atoms with Crippen molar-refractivity contribution in [3.63, 3.8) is 0 Å². The summed E-state index contributed by atoms with van der Waals surface area (Å²) >= 11 is 1.76. The van der Waals surface area contributed by atoms with Gasteiger partial charge in [0.25, 0.3) is 0 Å². The summed E-state index contributed by atoms with van der Waals surface area (Å²) in [5.41, 5.74) is 6.04. The Kier molecular flexibility index (Phi) is 5.59. The van der Waals surface area contributed by atoms with Gasteiger partial charge in [-0.05, 0) is 48.1 Å². The zero-order valence-electron chi connectivity index (χ0n) is 17.7. The Hall–Kier alpha value is -2.40. The quantitative estimate of drug-likeness (QED) is 0.615. The van der Waals surface area contributed by atoms with Gasteiger partial charge < -0.3 is 9.80 Å². The van der Waals surface area contributed by atoms with E-state index in [1.807, 2.05) is 4.90 Å². The van der Waals surface area contributed by atoms with Crippen molar-refractivity contribution in [2.24, 2.45) is 0 Å². The van der Waals surface area contributed by atoms with E-state index in [1.165, 1.54) is 21.4 Å². The van der Waals surface area contributed by atoms with Crippen molar-refractivity contribution >= 4 is 32.6 Å². The number of piperazine rings is 1. The molecule has 152 valence electrons. The summed E-state index contributed by atoms with van der Waals surface area (Å²) < 4.78 is 1.25. The number of amides is 1. The highest BCUT2D eigenvalue weighted by Gasteiger charge is 2.23. The molecule has 2 aromatic carbocycles. The van der Waals surface area contributed by atoms with E-state index < -0.39 is 0 Å². The van der Waals surface area contributed by atoms with Crippen LogP contribution in [0.2, 0.25) is 0 Å². The largest absolute Gasteiger partial charge is 0.345 e. The Morgan fingerprint density at radius 1 is 1.07 bits per heavy atom. The van der Waals surface area contributed by atoms with Crippen LogP contribution in [0, 0.1) is 13.8 Å². The number of thiazole rings is 1. The Morgan fingerprint density at radius 2 is 1.76 bits per heavy atom. The lowest BCUT2D eigenvalue weighted by atomic mass is 10.0. The van der Waals surface area contributed by atoms with Gasteiger partial charge in [0, 0.05) is 26.2 Å². The molecule has 0 radical (unpaired) electrons. The lowest BCUT2D eigenvalue weighted by molar-refractivity contribution is -0.130. The third-order valence-electron chi connectivity index (χ3n) is 5.72. The fraction of sp³-hybridized carbons (Fsp3) is 0.417. The number of carbonyl (C=O) groups excluding carboxylic acids is 1. The van der Waals surface area contributed by atoms with Crippen molar-refractivity contribution in [2.75, 3.05) is 31.1 Å². The maximum absolute atomic E-state index is 12.7. The van der Waals surface area contributed by atoms with Gasteiger partial charge >= 0.3 is 0 Å². The molecule has 3 aromatic rings. The lowest BCUT2D eigenvalue weighted by Crippen LogP contribution is -2.49. The Bertz CT molecular complexity index is 1010. The van der Waals surface area contributed by atoms with Crippen LogP contribution in [0.25, 0.3) is 10.2 Å². The van der Waals surface area contributed by atoms with Gasteiger partial charge in [0.15, 0.2) is 5.13 Å². The molecule has 1 saturated heterocycles. The monoisotopic (exact) mass is 407 g/mol. The number of hydrogen-bond acceptors (Lipinski definition) is 4. The number of anilines is 1. The summed E-state index contributed by atoms with van der Waals surface area (Å²) in [6.07, 6.45) is 0.484. The predicted molar refractivity (Wildman–Crippen MR) is 122 cm³/mol. The van der Waals surface area contributed by atoms with E-state index in [0.29, 0.717) is 12.3 Å². The zero-order chi connectivity index (χ0) is 20.5. The summed E-state index contributed by atoms with van der Waals surface area (Å²) in [6.45, 7) is 11.8. The second-order valence-corrected chi connectivity index (χ2v) is 9.37. The first kappa shape index (κ1) is 19.9. The average Bonchev–Trinajstić information content (AvgIpc) is 3.13. The maximum Gasteiger partial charge on any atom is 0.227 e. The summed E-state index contributed by atoms with van der Waals surface area (Å²) in [5, 5.41) is 1.07. The molecule has 1 aromatic heterocycles. The van der Waals surface area contributed by atoms with Crippen LogP contribution in [0.4, 0.5) is 5.13 Å². The summed E-state index contributed by atoms with van der Waals surface area (Å²) in [6, 6.07) is 12.9. The van der Waals surface area contributed by atoms with E-state index >= 15 is 0 Å². The highest BCUT2D eigenvalue weighted by molar-refractivity contribution is 7.22. The number of nitrogens with zero attached hydrogens (tertiary/aromatic N) is 3. The summed E-state index contributed by atoms with van der Waals surface area (Å²) in [5.74, 6) is 0.737. The molecule has 4 rings (SSSR count). The number of aromatic nitrogens is 1. The number of fused-ring (bicyclic) bond motifs is 1. The SMILES string of the molecule is Cc1cc(C)c2nc(N3CCN(C(=O)Cc4ccc(C(C)C)cc4)CC3)sc2c1. The van der Waals surface area contributed by atoms with E-state index in [4.69, 9.17) is 4.98 Å². The number of rotatable bonds is 4. The number of benzene rings is 2. The van der Waals surface area contributed by atoms with Crippen molar-refractivity contribution < 1.29 is 4.79 Å². The molecule has 5 heteroatoms. The molecule has 0 N–H and O–H groups in total. The standard InChI is InChI=1S/C24H29N3OS/c1-16(2)20-7-5-19(6-8-20)15-22(28)26-9-11-27(12-10-26)24-25-23-18(4)13-17(3)14-21(23)29-24/h5-8,13-14,16H,9-12,15H2,1-4H3. The molecule has 0 unspecified atom stereocenters. The summed E-state index contributed by atoms with van der Waals surface area (Å²) in [4.78, 5) is 21.9. The van der Waals surface area contributed by atoms with Crippen molar-refractivity contribution in [3.05, 3.63) is 58.7 Å². The molecule has 29 heavy (non-hydrogen) atoms. The Labute approximate surface area is 177 Å². The summed E-state index contributed by atoms with van der Waals surface area (Å²) in [7, 11) is 0. The van der Waals surface area contributed by atoms with Crippen molar-refractivity contribution in [2.45, 2.75) is 40.0 Å². The van der Waals surface area contributed by atoms with Gasteiger partial charge in [0.1, 0.15) is 0 Å². The van der Waals surface area contributed by atoms with Gasteiger partial charge in [0.05, 0.1) is 16.6 Å². The van der Waals surface area contributed by atoms with Crippen molar-refractivity contribution in [3.8, 4) is 0 Å². The van der Waals surface area contributed by atoms with Crippen LogP contribution >= 0.6 is 11.3 Å². The van der Waals surface area contributed by atoms with Crippen LogP contribution in [0.5, 0.6) is 0 Å². The van der Waals surface area contributed by atoms with E-state index in [2.05, 4.69) is 69.0 Å². The number of aryl methyl sites for hydroxylation is 2. The van der Waals surface area contributed by atoms with Crippen LogP contribution in [-0.4, -0.2) is 42.0 Å². The molecule has 1 aliphatic heterocycles. The molecule has 1 fully saturated rings. The zero-order valence-corrected chi connectivity index (χ0v) is 18.6. The van der Waals surface area contributed by atoms with E-state index in [9.17, 15) is 4.79 Å². The molecular formula is C24H29N3OS. The Balaban J connectivity index is 1.37. The van der Waals surface area contributed by atoms with Crippen LogP contribution in [0.1, 0.15) is 42.0 Å². The molecule has 0 spiro atoms. The second-order valence-electron chi connectivity index (χ2n) is 8.37. The minimum Gasteiger partial charge on any atom is -0.345 e. The van der Waals surface area contributed by atoms with Gasteiger partial charge in [-0.1, -0.05) is 55.5 Å². The van der Waals surface area contributed by atoms with Gasteiger partial charge in [-0.25, -0.2) is 4.98 Å². The molecule has 0 aliphatic carbocycles. The lowest BCUT2D eigenvalue weighted by Gasteiger charge is -2.34. The molecule has 0 bridgehead atoms. The topological polar surface area (TPSA) is 36.4 Å². The molecule has 0 saturated carbocycles. The highest BCUT2D eigenvalue weighted by atomic mass is 32.1. The van der Waals surface area contributed by atoms with Crippen LogP contribution in [0.3, 0.4) is 0 Å². The first-order valence-electron chi connectivity index (χ1n) is 10.4. The van der Waals surface area contributed by atoms with E-state index in [1.54, 1.807) is 11.3 Å². The normalized spacial score (nSPS) is 14.8. The first-order chi connectivity index (χ1) is 13.9. The smallest absolute Gasteiger partial charge is 0.227 e. The fourth-order valence-electron chi connectivity index (χ4n) is 3.95. The molecule has 1 amide bonds. The highest BCUT2D eigenvalue weighted by Crippen LogP contribution is 2.32. The van der Waals surface area contributed by atoms with Gasteiger partial charge in [-0.15, -0.1) is 0 Å². The van der Waals surface area contributed by atoms with Crippen LogP contribution in [0.15, 0.2) is 36.4 Å². The number of hydrogen-bond donors (Lipinski definition) is 0. The van der Waals surface area contributed by atoms with Crippen LogP contribution < -0.4 is 4.90 Å². The van der Waals surface area contributed by atoms with Crippen molar-refractivity contribution in [1.82, 2.24) is 9.88 Å². The third-order valence-corrected chi connectivity index (χ3v) is 6.79. The van der Waals surface area contributed by atoms with Gasteiger partial charge in [-0.2, -0.15) is 0 Å². The minimum atomic E-state index is 0.220. The number of carbonyl (C=O) groups is 1. The predicted octanol–water partition coefficient (Wildman–Crippen LogP) is 4.93. The third kappa shape index (κ3) is 4.30. The minimum absolute atomic E-state index is 0.220.